The van der Waals surface area contributed by atoms with Gasteiger partial charge in [-0.25, -0.2) is 4.79 Å². The molecule has 7 nitrogen and oxygen atoms in total. The summed E-state index contributed by atoms with van der Waals surface area (Å²) in [5, 5.41) is 1.18. The number of amides is 1. The molecule has 1 aliphatic heterocycles. The van der Waals surface area contributed by atoms with Crippen molar-refractivity contribution < 1.29 is 14.3 Å². The van der Waals surface area contributed by atoms with Gasteiger partial charge < -0.3 is 19.3 Å². The lowest BCUT2D eigenvalue weighted by Crippen LogP contribution is -2.40. The van der Waals surface area contributed by atoms with Crippen molar-refractivity contribution in [3.63, 3.8) is 0 Å². The monoisotopic (exact) mass is 878 g/mol. The van der Waals surface area contributed by atoms with E-state index in [9.17, 15) is 4.79 Å². The van der Waals surface area contributed by atoms with E-state index in [2.05, 4.69) is 110 Å². The number of likely N-dealkylation sites (N-methyl/N-ethyl adjacent to an activating group) is 1. The second-order valence-corrected chi connectivity index (χ2v) is 18.1. The van der Waals surface area contributed by atoms with Crippen molar-refractivity contribution in [2.24, 2.45) is 0 Å². The molecule has 9 heteroatoms. The molecule has 1 aromatic heterocycles. The van der Waals surface area contributed by atoms with E-state index in [1.54, 1.807) is 4.90 Å². The van der Waals surface area contributed by atoms with Crippen molar-refractivity contribution >= 4 is 43.6 Å². The van der Waals surface area contributed by atoms with Crippen LogP contribution in [0.15, 0.2) is 108 Å². The van der Waals surface area contributed by atoms with Gasteiger partial charge in [0.15, 0.2) is 0 Å². The number of hydrogen-bond acceptors (Lipinski definition) is 7. The predicted octanol–water partition coefficient (Wildman–Crippen LogP) is 12.9. The molecule has 0 bridgehead atoms. The number of ether oxygens (including phenoxy) is 2. The Morgan fingerprint density at radius 2 is 1.56 bits per heavy atom. The molecule has 2 fully saturated rings. The van der Waals surface area contributed by atoms with Crippen LogP contribution in [0.2, 0.25) is 0 Å². The van der Waals surface area contributed by atoms with Crippen LogP contribution in [0.4, 0.5) is 4.79 Å². The van der Waals surface area contributed by atoms with Gasteiger partial charge in [-0.3, -0.25) is 4.90 Å². The molecule has 4 aromatic carbocycles. The first-order valence-electron chi connectivity index (χ1n) is 21.7. The number of aryl methyl sites for hydroxylation is 1. The van der Waals surface area contributed by atoms with Crippen molar-refractivity contribution in [3.05, 3.63) is 125 Å². The molecule has 0 atom stereocenters. The van der Waals surface area contributed by atoms with Gasteiger partial charge in [0.1, 0.15) is 11.5 Å². The van der Waals surface area contributed by atoms with Crippen LogP contribution in [0.25, 0.3) is 21.3 Å². The van der Waals surface area contributed by atoms with E-state index in [-0.39, 0.29) is 12.1 Å². The summed E-state index contributed by atoms with van der Waals surface area (Å²) in [6.45, 7) is 12.2. The van der Waals surface area contributed by atoms with Crippen LogP contribution in [-0.4, -0.2) is 78.1 Å². The largest absolute Gasteiger partial charge is 0.494 e. The number of rotatable bonds is 16. The van der Waals surface area contributed by atoms with Crippen molar-refractivity contribution in [3.8, 4) is 22.8 Å². The number of carbonyl (C=O) groups excluding carboxylic acids is 1. The summed E-state index contributed by atoms with van der Waals surface area (Å²) in [5.41, 5.74) is 6.22. The smallest absolute Gasteiger partial charge is 0.415 e. The maximum absolute atomic E-state index is 12.5. The van der Waals surface area contributed by atoms with Crippen LogP contribution in [-0.2, 0) is 6.54 Å². The molecule has 1 saturated heterocycles. The topological polar surface area (TPSA) is 58.1 Å². The van der Waals surface area contributed by atoms with Gasteiger partial charge in [0.05, 0.1) is 17.0 Å². The predicted molar refractivity (Wildman–Crippen MR) is 250 cm³/mol. The molecule has 1 amide bonds. The Morgan fingerprint density at radius 1 is 0.864 bits per heavy atom. The maximum Gasteiger partial charge on any atom is 0.415 e. The van der Waals surface area contributed by atoms with Gasteiger partial charge in [-0.15, -0.1) is 6.58 Å². The molecule has 0 radical (unpaired) electrons. The van der Waals surface area contributed by atoms with E-state index in [0.717, 1.165) is 85.4 Å². The van der Waals surface area contributed by atoms with Crippen molar-refractivity contribution in [2.45, 2.75) is 96.1 Å². The zero-order valence-corrected chi connectivity index (χ0v) is 37.8. The van der Waals surface area contributed by atoms with Crippen molar-refractivity contribution in [2.75, 3.05) is 46.9 Å². The number of nitrogens with zero attached hydrogens (tertiary/aromatic N) is 4. The number of aromatic nitrogens is 1. The minimum Gasteiger partial charge on any atom is -0.494 e. The number of piperidine rings is 1. The first-order chi connectivity index (χ1) is 28.7. The zero-order valence-electron chi connectivity index (χ0n) is 35.4. The molecule has 2 heterocycles. The molecular weight excluding hydrogens is 817 g/mol. The van der Waals surface area contributed by atoms with E-state index in [1.807, 2.05) is 44.3 Å². The molecule has 59 heavy (non-hydrogen) atoms. The number of hydrogen-bond donors (Lipinski definition) is 0. The van der Waals surface area contributed by atoms with Gasteiger partial charge in [-0.05, 0) is 156 Å². The molecule has 1 saturated carbocycles. The normalized spacial score (nSPS) is 17.0. The van der Waals surface area contributed by atoms with Gasteiger partial charge in [0, 0.05) is 41.6 Å². The molecule has 0 unspecified atom stereocenters. The van der Waals surface area contributed by atoms with E-state index < -0.39 is 0 Å². The van der Waals surface area contributed by atoms with Crippen LogP contribution in [0.1, 0.15) is 93.2 Å². The highest BCUT2D eigenvalue weighted by molar-refractivity contribution is 9.10. The summed E-state index contributed by atoms with van der Waals surface area (Å²) in [6, 6.07) is 31.8. The Labute approximate surface area is 365 Å². The zero-order chi connectivity index (χ0) is 41.4. The van der Waals surface area contributed by atoms with Gasteiger partial charge in [-0.2, -0.15) is 4.37 Å². The van der Waals surface area contributed by atoms with Crippen LogP contribution in [0, 0.1) is 6.92 Å². The third kappa shape index (κ3) is 13.8. The molecule has 314 valence electrons. The minimum absolute atomic E-state index is 0.255. The van der Waals surface area contributed by atoms with Crippen LogP contribution in [0.5, 0.6) is 11.5 Å². The van der Waals surface area contributed by atoms with Gasteiger partial charge in [0.2, 0.25) is 0 Å². The average Bonchev–Trinajstić information content (AvgIpc) is 3.68. The fourth-order valence-corrected chi connectivity index (χ4v) is 9.25. The quantitative estimate of drug-likeness (QED) is 0.0727. The van der Waals surface area contributed by atoms with E-state index in [1.165, 1.54) is 84.4 Å². The maximum atomic E-state index is 12.5. The van der Waals surface area contributed by atoms with Crippen LogP contribution >= 0.6 is 27.5 Å². The molecule has 1 aliphatic carbocycles. The first-order valence-corrected chi connectivity index (χ1v) is 23.2. The number of carbonyl (C=O) groups is 1. The van der Waals surface area contributed by atoms with Crippen LogP contribution in [0.3, 0.4) is 0 Å². The number of halogens is 1. The minimum atomic E-state index is -0.255. The first kappa shape index (κ1) is 44.5. The summed E-state index contributed by atoms with van der Waals surface area (Å²) in [7, 11) is 4.01. The summed E-state index contributed by atoms with van der Waals surface area (Å²) < 4.78 is 18.4. The highest BCUT2D eigenvalue weighted by Crippen LogP contribution is 2.36. The summed E-state index contributed by atoms with van der Waals surface area (Å²) in [5.74, 6) is 2.15. The van der Waals surface area contributed by atoms with E-state index in [0.29, 0.717) is 11.7 Å². The highest BCUT2D eigenvalue weighted by Gasteiger charge is 2.28. The lowest BCUT2D eigenvalue weighted by Gasteiger charge is -2.34. The van der Waals surface area contributed by atoms with Gasteiger partial charge in [0.25, 0.3) is 0 Å². The lowest BCUT2D eigenvalue weighted by atomic mass is 9.81. The molecule has 0 N–H and O–H groups in total. The van der Waals surface area contributed by atoms with Crippen LogP contribution < -0.4 is 9.47 Å². The Bertz CT molecular complexity index is 2020. The number of likely N-dealkylation sites (tertiary alicyclic amines) is 1. The fraction of sp³-hybridized carbons (Fsp3) is 0.440. The molecule has 5 aromatic rings. The summed E-state index contributed by atoms with van der Waals surface area (Å²) in [4.78, 5) is 19.2. The molecule has 0 spiro atoms. The number of fused-ring (bicyclic) bond motifs is 1. The van der Waals surface area contributed by atoms with E-state index >= 15 is 0 Å². The Hall–Kier alpha value is -4.02. The highest BCUT2D eigenvalue weighted by atomic mass is 79.9. The summed E-state index contributed by atoms with van der Waals surface area (Å²) in [6.07, 6.45) is 14.8. The van der Waals surface area contributed by atoms with Gasteiger partial charge >= 0.3 is 6.09 Å². The SMILES string of the molecule is C=CCN(C)CCCCCCOc1ccc2c(-c3ccc(Br)cc3)nsc2c1.Cc1ccc(OC(=O)N(C)C2CCC(c3ccc(CN4CCCCC4)cc3)CC2)cc1. The van der Waals surface area contributed by atoms with Crippen molar-refractivity contribution in [1.29, 1.82) is 0 Å². The standard InChI is InChI=1S/C27H36N2O2.C23H27BrN2OS/c1-21-6-16-26(17-7-21)31-27(30)28(2)25-14-12-24(13-15-25)23-10-8-22(9-11-23)20-29-18-4-3-5-19-29;1-3-14-26(2)15-6-4-5-7-16-27-20-12-13-21-22(17-20)28-25-23(21)18-8-10-19(24)11-9-18/h6-11,16-17,24-25H,3-5,12-15,18-20H2,1-2H3;3,8-13,17H,1,4-7,14-16H2,2H3. The third-order valence-electron chi connectivity index (χ3n) is 11.8. The molecule has 7 rings (SSSR count). The molecular formula is C50H63BrN4O3S. The van der Waals surface area contributed by atoms with Gasteiger partial charge in [-0.1, -0.05) is 95.4 Å². The third-order valence-corrected chi connectivity index (χ3v) is 13.1. The Morgan fingerprint density at radius 3 is 2.27 bits per heavy atom. The Balaban J connectivity index is 0.000000199. The number of benzene rings is 4. The lowest BCUT2D eigenvalue weighted by molar-refractivity contribution is 0.130. The fourth-order valence-electron chi connectivity index (χ4n) is 8.16. The second kappa shape index (κ2) is 23.1. The van der Waals surface area contributed by atoms with E-state index in [4.69, 9.17) is 9.47 Å². The molecule has 2 aliphatic rings. The Kier molecular flexibility index (Phi) is 17.4. The second-order valence-electron chi connectivity index (χ2n) is 16.4. The average molecular weight is 880 g/mol. The summed E-state index contributed by atoms with van der Waals surface area (Å²) >= 11 is 5.01. The van der Waals surface area contributed by atoms with Crippen molar-refractivity contribution in [1.82, 2.24) is 19.1 Å². The number of unbranched alkanes of at least 4 members (excludes halogenated alkanes) is 3.